The fourth-order valence-electron chi connectivity index (χ4n) is 7.60. The number of hydroxylamine groups is 1. The van der Waals surface area contributed by atoms with E-state index in [9.17, 15) is 24.3 Å². The molecule has 3 fully saturated rings. The van der Waals surface area contributed by atoms with E-state index in [-0.39, 0.29) is 42.2 Å². The quantitative estimate of drug-likeness (QED) is 0.180. The number of aromatic hydroxyl groups is 1. The number of anilines is 1. The third kappa shape index (κ3) is 8.51. The summed E-state index contributed by atoms with van der Waals surface area (Å²) in [6.45, 7) is 5.64. The van der Waals surface area contributed by atoms with Gasteiger partial charge in [-0.2, -0.15) is 0 Å². The molecule has 2 radical (unpaired) electrons. The Bertz CT molecular complexity index is 1540. The summed E-state index contributed by atoms with van der Waals surface area (Å²) in [5.41, 5.74) is 4.47. The van der Waals surface area contributed by atoms with Crippen LogP contribution >= 0.6 is 0 Å². The maximum atomic E-state index is 14.0. The molecule has 0 saturated carbocycles. The lowest BCUT2D eigenvalue weighted by Crippen LogP contribution is -2.56. The smallest absolute Gasteiger partial charge is 0.410 e. The van der Waals surface area contributed by atoms with Crippen molar-refractivity contribution in [2.75, 3.05) is 70.8 Å². The highest BCUT2D eigenvalue weighted by Gasteiger charge is 2.36. The van der Waals surface area contributed by atoms with Crippen LogP contribution in [0.4, 0.5) is 15.3 Å². The van der Waals surface area contributed by atoms with Crippen LogP contribution < -0.4 is 16.3 Å². The number of hydrogen-bond donors (Lipinski definition) is 4. The lowest BCUT2D eigenvalue weighted by Gasteiger charge is -2.43. The van der Waals surface area contributed by atoms with Gasteiger partial charge in [0, 0.05) is 83.1 Å². The summed E-state index contributed by atoms with van der Waals surface area (Å²) < 4.78 is 5.97. The first-order valence-corrected chi connectivity index (χ1v) is 17.5. The van der Waals surface area contributed by atoms with Gasteiger partial charge in [0.25, 0.3) is 11.8 Å². The number of piperidine rings is 2. The van der Waals surface area contributed by atoms with Gasteiger partial charge in [-0.3, -0.25) is 24.6 Å². The molecule has 0 spiro atoms. The van der Waals surface area contributed by atoms with Crippen LogP contribution in [0.1, 0.15) is 36.8 Å². The van der Waals surface area contributed by atoms with E-state index in [1.807, 2.05) is 34.1 Å². The first-order chi connectivity index (χ1) is 24.2. The minimum Gasteiger partial charge on any atom is -0.509 e. The van der Waals surface area contributed by atoms with E-state index in [4.69, 9.17) is 17.8 Å². The summed E-state index contributed by atoms with van der Waals surface area (Å²) in [5.74, 6) is -0.745. The van der Waals surface area contributed by atoms with E-state index in [2.05, 4.69) is 10.2 Å². The topological polar surface area (TPSA) is 158 Å². The van der Waals surface area contributed by atoms with Crippen molar-refractivity contribution in [3.05, 3.63) is 53.6 Å². The molecule has 4 N–H and O–H groups in total. The van der Waals surface area contributed by atoms with Crippen LogP contribution in [-0.4, -0.2) is 150 Å². The molecule has 50 heavy (non-hydrogen) atoms. The lowest BCUT2D eigenvalue weighted by molar-refractivity contribution is -0.142. The number of nitrogens with zero attached hydrogens (tertiary/aromatic N) is 5. The molecular formula is C35H46BN7O7. The van der Waals surface area contributed by atoms with Crippen LogP contribution in [-0.2, 0) is 27.2 Å². The maximum absolute atomic E-state index is 14.0. The van der Waals surface area contributed by atoms with Crippen molar-refractivity contribution in [3.8, 4) is 5.75 Å². The summed E-state index contributed by atoms with van der Waals surface area (Å²) >= 11 is 0. The fraction of sp³-hybridized carbons (Fsp3) is 0.543. The molecule has 6 rings (SSSR count). The lowest BCUT2D eigenvalue weighted by atomic mass is 9.91. The predicted molar refractivity (Wildman–Crippen MR) is 185 cm³/mol. The van der Waals surface area contributed by atoms with Crippen molar-refractivity contribution in [2.24, 2.45) is 0 Å². The zero-order chi connectivity index (χ0) is 35.2. The largest absolute Gasteiger partial charge is 0.509 e. The number of benzene rings is 2. The van der Waals surface area contributed by atoms with Crippen LogP contribution in [0.15, 0.2) is 42.5 Å². The molecule has 5 amide bonds. The molecular weight excluding hydrogens is 641 g/mol. The average molecular weight is 688 g/mol. The van der Waals surface area contributed by atoms with Crippen LogP contribution in [0.25, 0.3) is 0 Å². The van der Waals surface area contributed by atoms with Gasteiger partial charge in [0.1, 0.15) is 13.6 Å². The first-order valence-electron chi connectivity index (χ1n) is 17.5. The second-order valence-corrected chi connectivity index (χ2v) is 13.6. The molecule has 2 aromatic rings. The number of para-hydroxylation sites is 1. The third-order valence-electron chi connectivity index (χ3n) is 10.5. The van der Waals surface area contributed by atoms with Crippen LogP contribution in [0.2, 0.25) is 0 Å². The predicted octanol–water partition coefficient (Wildman–Crippen LogP) is 0.902. The van der Waals surface area contributed by atoms with Crippen molar-refractivity contribution in [1.82, 2.24) is 30.0 Å². The monoisotopic (exact) mass is 687 g/mol. The standard InChI is InChI=1S/C35H46BN7O7/c36-28-21-24(5-6-30(28)44)22-31(33(46)41-12-8-26(9-13-41)40-19-17-39(18-20-40)23-32(45)38-49)50-35(48)42-14-10-27(11-15-42)43-16-7-25-3-1-2-4-29(25)37-34(43)47/h1-6,21,26-27,31,44,49H,7-20,22-23H2,(H,37,47)(H,38,45)/t31-/m1/s1. The number of nitrogens with one attached hydrogen (secondary N) is 2. The Labute approximate surface area is 293 Å². The number of rotatable bonds is 8. The highest BCUT2D eigenvalue weighted by atomic mass is 16.6. The van der Waals surface area contributed by atoms with Gasteiger partial charge in [-0.1, -0.05) is 35.8 Å². The van der Waals surface area contributed by atoms with Crippen molar-refractivity contribution in [3.63, 3.8) is 0 Å². The average Bonchev–Trinajstić information content (AvgIpc) is 3.31. The molecule has 3 saturated heterocycles. The van der Waals surface area contributed by atoms with E-state index in [0.717, 1.165) is 56.7 Å². The van der Waals surface area contributed by atoms with Gasteiger partial charge in [0.05, 0.1) is 6.54 Å². The normalized spacial score (nSPS) is 20.4. The number of phenolic OH excluding ortho intramolecular Hbond substituents is 1. The number of hydrogen-bond acceptors (Lipinski definition) is 9. The van der Waals surface area contributed by atoms with Gasteiger partial charge in [0.2, 0.25) is 0 Å². The van der Waals surface area contributed by atoms with E-state index >= 15 is 0 Å². The highest BCUT2D eigenvalue weighted by molar-refractivity contribution is 6.34. The van der Waals surface area contributed by atoms with Gasteiger partial charge >= 0.3 is 12.1 Å². The Balaban J connectivity index is 1.04. The number of ether oxygens (including phenoxy) is 1. The van der Waals surface area contributed by atoms with E-state index < -0.39 is 18.1 Å². The van der Waals surface area contributed by atoms with E-state index in [0.29, 0.717) is 57.2 Å². The second-order valence-electron chi connectivity index (χ2n) is 13.6. The Morgan fingerprint density at radius 1 is 0.900 bits per heavy atom. The molecule has 2 aromatic carbocycles. The minimum absolute atomic E-state index is 0.0184. The number of carbonyl (C=O) groups is 4. The third-order valence-corrected chi connectivity index (χ3v) is 10.5. The van der Waals surface area contributed by atoms with Gasteiger partial charge in [0.15, 0.2) is 6.10 Å². The number of phenols is 1. The zero-order valence-corrected chi connectivity index (χ0v) is 28.3. The Morgan fingerprint density at radius 2 is 1.58 bits per heavy atom. The Hall–Kier alpha value is -4.34. The van der Waals surface area contributed by atoms with Crippen LogP contribution in [0.3, 0.4) is 0 Å². The number of piperazine rings is 1. The molecule has 4 aliphatic rings. The summed E-state index contributed by atoms with van der Waals surface area (Å²) in [6.07, 6.45) is 1.98. The van der Waals surface area contributed by atoms with Crippen molar-refractivity contribution in [1.29, 1.82) is 0 Å². The number of fused-ring (bicyclic) bond motifs is 1. The summed E-state index contributed by atoms with van der Waals surface area (Å²) in [6, 6.07) is 12.7. The van der Waals surface area contributed by atoms with Crippen molar-refractivity contribution >= 4 is 42.9 Å². The molecule has 14 nitrogen and oxygen atoms in total. The van der Waals surface area contributed by atoms with Gasteiger partial charge < -0.3 is 29.9 Å². The fourth-order valence-corrected chi connectivity index (χ4v) is 7.60. The first kappa shape index (κ1) is 35.5. The van der Waals surface area contributed by atoms with E-state index in [1.165, 1.54) is 6.07 Å². The molecule has 0 unspecified atom stereocenters. The molecule has 15 heteroatoms. The summed E-state index contributed by atoms with van der Waals surface area (Å²) in [5, 5.41) is 21.8. The summed E-state index contributed by atoms with van der Waals surface area (Å²) in [4.78, 5) is 61.8. The van der Waals surface area contributed by atoms with Crippen molar-refractivity contribution in [2.45, 2.75) is 56.7 Å². The van der Waals surface area contributed by atoms with Gasteiger partial charge in [-0.25, -0.2) is 15.1 Å². The molecule has 4 heterocycles. The van der Waals surface area contributed by atoms with Crippen LogP contribution in [0.5, 0.6) is 5.75 Å². The molecule has 4 aliphatic heterocycles. The number of likely N-dealkylation sites (tertiary alicyclic amines) is 2. The van der Waals surface area contributed by atoms with Gasteiger partial charge in [-0.05, 0) is 55.4 Å². The number of urea groups is 1. The van der Waals surface area contributed by atoms with Gasteiger partial charge in [-0.15, -0.1) is 0 Å². The molecule has 0 aromatic heterocycles. The Kier molecular flexibility index (Phi) is 11.4. The minimum atomic E-state index is -1.07. The highest BCUT2D eigenvalue weighted by Crippen LogP contribution is 2.26. The maximum Gasteiger partial charge on any atom is 0.410 e. The Morgan fingerprint density at radius 3 is 2.28 bits per heavy atom. The SMILES string of the molecule is [B]c1cc(C[C@@H](OC(=O)N2CCC(N3CCc4ccccc4NC3=O)CC2)C(=O)N2CCC(N3CCN(CC(=O)NO)CC3)CC2)ccc1O. The summed E-state index contributed by atoms with van der Waals surface area (Å²) in [7, 11) is 5.95. The molecule has 0 aliphatic carbocycles. The molecule has 1 atom stereocenters. The van der Waals surface area contributed by atoms with Crippen molar-refractivity contribution < 1.29 is 34.2 Å². The molecule has 0 bridgehead atoms. The van der Waals surface area contributed by atoms with E-state index in [1.54, 1.807) is 27.4 Å². The van der Waals surface area contributed by atoms with Crippen LogP contribution in [0, 0.1) is 0 Å². The molecule has 266 valence electrons. The zero-order valence-electron chi connectivity index (χ0n) is 28.3. The number of carbonyl (C=O) groups excluding carboxylic acids is 4. The number of amides is 5. The second kappa shape index (κ2) is 16.1.